The highest BCUT2D eigenvalue weighted by Crippen LogP contribution is 2.25. The van der Waals surface area contributed by atoms with Crippen molar-refractivity contribution < 1.29 is 28.7 Å². The molecule has 2 aliphatic heterocycles. The van der Waals surface area contributed by atoms with Crippen LogP contribution in [-0.2, 0) is 23.9 Å². The SMILES string of the molecule is COC(=O)C(C)CNC(=O)[C@@H]1CCCN(C(=O)CCC2CCN(C(=O)OC(C)(C)C)CC2)C1. The van der Waals surface area contributed by atoms with Crippen molar-refractivity contribution in [3.8, 4) is 0 Å². The van der Waals surface area contributed by atoms with Crippen LogP contribution in [0.4, 0.5) is 4.79 Å². The van der Waals surface area contributed by atoms with Crippen molar-refractivity contribution in [2.75, 3.05) is 39.8 Å². The van der Waals surface area contributed by atoms with Gasteiger partial charge in [-0.05, 0) is 58.8 Å². The Kier molecular flexibility index (Phi) is 9.98. The third-order valence-electron chi connectivity index (χ3n) is 6.36. The van der Waals surface area contributed by atoms with Crippen LogP contribution in [0, 0.1) is 17.8 Å². The molecular formula is C24H41N3O6. The average Bonchev–Trinajstić information content (AvgIpc) is 2.79. The second-order valence-electron chi connectivity index (χ2n) is 10.3. The van der Waals surface area contributed by atoms with E-state index in [2.05, 4.69) is 10.1 Å². The maximum absolute atomic E-state index is 12.8. The van der Waals surface area contributed by atoms with Gasteiger partial charge in [0.25, 0.3) is 0 Å². The average molecular weight is 468 g/mol. The standard InChI is InChI=1S/C24H41N3O6/c1-17(22(30)32-5)15-25-21(29)19-7-6-12-27(16-19)20(28)9-8-18-10-13-26(14-11-18)23(31)33-24(2,3)4/h17-19H,6-16H2,1-5H3,(H,25,29)/t17?,19-/m1/s1. The van der Waals surface area contributed by atoms with Crippen LogP contribution in [0.25, 0.3) is 0 Å². The Morgan fingerprint density at radius 3 is 2.30 bits per heavy atom. The molecule has 188 valence electrons. The second kappa shape index (κ2) is 12.2. The van der Waals surface area contributed by atoms with Crippen LogP contribution < -0.4 is 5.32 Å². The minimum absolute atomic E-state index is 0.0880. The highest BCUT2D eigenvalue weighted by molar-refractivity contribution is 5.82. The number of nitrogens with zero attached hydrogens (tertiary/aromatic N) is 2. The van der Waals surface area contributed by atoms with Crippen molar-refractivity contribution in [2.24, 2.45) is 17.8 Å². The van der Waals surface area contributed by atoms with E-state index in [1.165, 1.54) is 7.11 Å². The van der Waals surface area contributed by atoms with Crippen molar-refractivity contribution in [1.82, 2.24) is 15.1 Å². The lowest BCUT2D eigenvalue weighted by Crippen LogP contribution is -2.46. The highest BCUT2D eigenvalue weighted by Gasteiger charge is 2.30. The summed E-state index contributed by atoms with van der Waals surface area (Å²) in [5.74, 6) is -0.613. The van der Waals surface area contributed by atoms with E-state index in [1.807, 2.05) is 20.8 Å². The van der Waals surface area contributed by atoms with Crippen molar-refractivity contribution in [1.29, 1.82) is 0 Å². The first-order valence-electron chi connectivity index (χ1n) is 12.1. The van der Waals surface area contributed by atoms with Crippen LogP contribution >= 0.6 is 0 Å². The van der Waals surface area contributed by atoms with E-state index in [0.717, 1.165) is 32.1 Å². The number of hydrogen-bond donors (Lipinski definition) is 1. The first-order valence-corrected chi connectivity index (χ1v) is 12.1. The monoisotopic (exact) mass is 467 g/mol. The van der Waals surface area contributed by atoms with Crippen LogP contribution in [0.2, 0.25) is 0 Å². The fraction of sp³-hybridized carbons (Fsp3) is 0.833. The molecule has 0 aromatic rings. The van der Waals surface area contributed by atoms with E-state index in [-0.39, 0.29) is 36.3 Å². The molecule has 2 heterocycles. The van der Waals surface area contributed by atoms with Gasteiger partial charge in [-0.2, -0.15) is 0 Å². The molecule has 2 fully saturated rings. The molecule has 2 rings (SSSR count). The van der Waals surface area contributed by atoms with Gasteiger partial charge in [-0.25, -0.2) is 4.79 Å². The molecule has 9 nitrogen and oxygen atoms in total. The molecule has 2 aliphatic rings. The Hall–Kier alpha value is -2.32. The number of methoxy groups -OCH3 is 1. The number of hydrogen-bond acceptors (Lipinski definition) is 6. The summed E-state index contributed by atoms with van der Waals surface area (Å²) in [5, 5.41) is 2.82. The van der Waals surface area contributed by atoms with Crippen molar-refractivity contribution in [2.45, 2.75) is 71.8 Å². The molecule has 9 heteroatoms. The molecule has 1 N–H and O–H groups in total. The van der Waals surface area contributed by atoms with E-state index in [4.69, 9.17) is 4.74 Å². The number of esters is 1. The van der Waals surface area contributed by atoms with Gasteiger partial charge in [0.1, 0.15) is 5.60 Å². The molecule has 0 radical (unpaired) electrons. The molecule has 0 aliphatic carbocycles. The van der Waals surface area contributed by atoms with Crippen molar-refractivity contribution >= 4 is 23.9 Å². The summed E-state index contributed by atoms with van der Waals surface area (Å²) in [6, 6.07) is 0. The summed E-state index contributed by atoms with van der Waals surface area (Å²) in [6.45, 7) is 9.95. The molecule has 0 aromatic carbocycles. The number of amides is 3. The minimum Gasteiger partial charge on any atom is -0.469 e. The fourth-order valence-electron chi connectivity index (χ4n) is 4.32. The van der Waals surface area contributed by atoms with Crippen LogP contribution in [-0.4, -0.2) is 79.1 Å². The van der Waals surface area contributed by atoms with Gasteiger partial charge in [-0.15, -0.1) is 0 Å². The number of likely N-dealkylation sites (tertiary alicyclic amines) is 2. The Morgan fingerprint density at radius 2 is 1.70 bits per heavy atom. The summed E-state index contributed by atoms with van der Waals surface area (Å²) in [5.41, 5.74) is -0.497. The lowest BCUT2D eigenvalue weighted by atomic mass is 9.91. The third-order valence-corrected chi connectivity index (χ3v) is 6.36. The number of carbonyl (C=O) groups excluding carboxylic acids is 4. The summed E-state index contributed by atoms with van der Waals surface area (Å²) in [6.07, 6.45) is 4.27. The predicted octanol–water partition coefficient (Wildman–Crippen LogP) is 2.58. The topological polar surface area (TPSA) is 105 Å². The molecule has 0 aromatic heterocycles. The summed E-state index contributed by atoms with van der Waals surface area (Å²) >= 11 is 0. The lowest BCUT2D eigenvalue weighted by molar-refractivity contribution is -0.144. The highest BCUT2D eigenvalue weighted by atomic mass is 16.6. The molecule has 3 amide bonds. The van der Waals surface area contributed by atoms with Crippen LogP contribution in [0.15, 0.2) is 0 Å². The van der Waals surface area contributed by atoms with Crippen molar-refractivity contribution in [3.05, 3.63) is 0 Å². The van der Waals surface area contributed by atoms with E-state index in [0.29, 0.717) is 38.5 Å². The fourth-order valence-corrected chi connectivity index (χ4v) is 4.32. The number of rotatable bonds is 7. The summed E-state index contributed by atoms with van der Waals surface area (Å²) in [7, 11) is 1.33. The lowest BCUT2D eigenvalue weighted by Gasteiger charge is -2.34. The number of piperidine rings is 2. The first kappa shape index (κ1) is 26.9. The van der Waals surface area contributed by atoms with Crippen molar-refractivity contribution in [3.63, 3.8) is 0 Å². The number of nitrogens with one attached hydrogen (secondary N) is 1. The maximum atomic E-state index is 12.8. The summed E-state index contributed by atoms with van der Waals surface area (Å²) in [4.78, 5) is 52.5. The van der Waals surface area contributed by atoms with E-state index >= 15 is 0 Å². The summed E-state index contributed by atoms with van der Waals surface area (Å²) < 4.78 is 10.1. The Balaban J connectivity index is 1.71. The predicted molar refractivity (Wildman–Crippen MR) is 123 cm³/mol. The van der Waals surface area contributed by atoms with Gasteiger partial charge >= 0.3 is 12.1 Å². The largest absolute Gasteiger partial charge is 0.469 e. The molecule has 0 saturated carbocycles. The molecule has 2 atom stereocenters. The molecule has 0 bridgehead atoms. The van der Waals surface area contributed by atoms with Crippen LogP contribution in [0.3, 0.4) is 0 Å². The molecule has 0 spiro atoms. The van der Waals surface area contributed by atoms with Gasteiger partial charge in [-0.1, -0.05) is 6.92 Å². The Labute approximate surface area is 197 Å². The van der Waals surface area contributed by atoms with E-state index in [9.17, 15) is 19.2 Å². The van der Waals surface area contributed by atoms with Gasteiger partial charge in [0, 0.05) is 39.1 Å². The molecular weight excluding hydrogens is 426 g/mol. The zero-order chi connectivity index (χ0) is 24.6. The molecule has 1 unspecified atom stereocenters. The number of carbonyl (C=O) groups is 4. The van der Waals surface area contributed by atoms with Gasteiger partial charge in [0.15, 0.2) is 0 Å². The first-order chi connectivity index (χ1) is 15.5. The maximum Gasteiger partial charge on any atom is 0.410 e. The zero-order valence-corrected chi connectivity index (χ0v) is 20.9. The van der Waals surface area contributed by atoms with E-state index in [1.54, 1.807) is 16.7 Å². The van der Waals surface area contributed by atoms with Gasteiger partial charge in [0.05, 0.1) is 18.9 Å². The number of ether oxygens (including phenoxy) is 2. The van der Waals surface area contributed by atoms with Gasteiger partial charge in [-0.3, -0.25) is 14.4 Å². The Bertz CT molecular complexity index is 697. The molecule has 33 heavy (non-hydrogen) atoms. The quantitative estimate of drug-likeness (QED) is 0.577. The zero-order valence-electron chi connectivity index (χ0n) is 20.9. The van der Waals surface area contributed by atoms with E-state index < -0.39 is 11.5 Å². The minimum atomic E-state index is -0.497. The van der Waals surface area contributed by atoms with Crippen LogP contribution in [0.1, 0.15) is 66.2 Å². The normalized spacial score (nSPS) is 20.7. The Morgan fingerprint density at radius 1 is 1.03 bits per heavy atom. The smallest absolute Gasteiger partial charge is 0.410 e. The van der Waals surface area contributed by atoms with Crippen LogP contribution in [0.5, 0.6) is 0 Å². The third kappa shape index (κ3) is 8.85. The molecule has 2 saturated heterocycles. The second-order valence-corrected chi connectivity index (χ2v) is 10.3. The van der Waals surface area contributed by atoms with Gasteiger partial charge < -0.3 is 24.6 Å². The van der Waals surface area contributed by atoms with Gasteiger partial charge in [0.2, 0.25) is 11.8 Å².